The van der Waals surface area contributed by atoms with E-state index in [1.165, 1.54) is 25.9 Å². The third-order valence-corrected chi connectivity index (χ3v) is 2.92. The molecule has 3 nitrogen and oxygen atoms in total. The van der Waals surface area contributed by atoms with Crippen molar-refractivity contribution in [2.24, 2.45) is 5.73 Å². The molecule has 1 fully saturated rings. The van der Waals surface area contributed by atoms with E-state index in [0.717, 1.165) is 12.6 Å². The number of nitrogens with two attached hydrogens (primary N) is 1. The molecule has 0 aromatic carbocycles. The average molecular weight is 199 g/mol. The molecule has 2 N–H and O–H groups in total. The summed E-state index contributed by atoms with van der Waals surface area (Å²) >= 11 is 0. The first-order valence-electron chi connectivity index (χ1n) is 5.56. The number of likely N-dealkylation sites (tertiary alicyclic amines) is 1. The van der Waals surface area contributed by atoms with Gasteiger partial charge in [0.15, 0.2) is 0 Å². The fraction of sp³-hybridized carbons (Fsp3) is 1.00. The fourth-order valence-electron chi connectivity index (χ4n) is 2.17. The van der Waals surface area contributed by atoms with Crippen LogP contribution < -0.4 is 5.73 Å². The van der Waals surface area contributed by atoms with Crippen molar-refractivity contribution in [3.8, 4) is 0 Å². The first-order valence-corrected chi connectivity index (χ1v) is 5.56. The van der Waals surface area contributed by atoms with Gasteiger partial charge in [0.1, 0.15) is 0 Å². The summed E-state index contributed by atoms with van der Waals surface area (Å²) in [7, 11) is 4.35. The van der Waals surface area contributed by atoms with Crippen LogP contribution in [0.15, 0.2) is 0 Å². The van der Waals surface area contributed by atoms with Gasteiger partial charge in [0.2, 0.25) is 0 Å². The summed E-state index contributed by atoms with van der Waals surface area (Å²) in [6.07, 6.45) is 2.56. The normalized spacial score (nSPS) is 21.9. The SMILES string of the molecule is CN(C)C1CCN(CC(C)(C)N)CC1. The Morgan fingerprint density at radius 2 is 1.79 bits per heavy atom. The quantitative estimate of drug-likeness (QED) is 0.728. The van der Waals surface area contributed by atoms with Crippen LogP contribution in [0.5, 0.6) is 0 Å². The molecule has 0 atom stereocenters. The predicted molar refractivity (Wildman–Crippen MR) is 61.4 cm³/mol. The maximum atomic E-state index is 6.01. The molecular weight excluding hydrogens is 174 g/mol. The van der Waals surface area contributed by atoms with E-state index in [1.54, 1.807) is 0 Å². The van der Waals surface area contributed by atoms with Crippen molar-refractivity contribution >= 4 is 0 Å². The lowest BCUT2D eigenvalue weighted by Gasteiger charge is -2.37. The third kappa shape index (κ3) is 3.95. The van der Waals surface area contributed by atoms with Crippen LogP contribution in [0.4, 0.5) is 0 Å². The molecule has 0 radical (unpaired) electrons. The maximum absolute atomic E-state index is 6.01. The van der Waals surface area contributed by atoms with Crippen LogP contribution in [0.1, 0.15) is 26.7 Å². The summed E-state index contributed by atoms with van der Waals surface area (Å²) in [4.78, 5) is 4.82. The monoisotopic (exact) mass is 199 g/mol. The van der Waals surface area contributed by atoms with E-state index in [1.807, 2.05) is 0 Å². The Balaban J connectivity index is 2.29. The Morgan fingerprint density at radius 3 is 2.14 bits per heavy atom. The van der Waals surface area contributed by atoms with Gasteiger partial charge < -0.3 is 15.5 Å². The highest BCUT2D eigenvalue weighted by Gasteiger charge is 2.23. The second-order valence-corrected chi connectivity index (χ2v) is 5.46. The predicted octanol–water partition coefficient (Wildman–Crippen LogP) is 0.750. The van der Waals surface area contributed by atoms with E-state index in [4.69, 9.17) is 5.73 Å². The third-order valence-electron chi connectivity index (χ3n) is 2.92. The lowest BCUT2D eigenvalue weighted by molar-refractivity contribution is 0.128. The minimum absolute atomic E-state index is 0.0506. The number of hydrogen-bond acceptors (Lipinski definition) is 3. The zero-order chi connectivity index (χ0) is 10.8. The van der Waals surface area contributed by atoms with Crippen LogP contribution in [0.2, 0.25) is 0 Å². The molecule has 1 aliphatic rings. The van der Waals surface area contributed by atoms with E-state index in [2.05, 4.69) is 37.7 Å². The molecule has 14 heavy (non-hydrogen) atoms. The molecular formula is C11H25N3. The summed E-state index contributed by atoms with van der Waals surface area (Å²) in [5, 5.41) is 0. The Bertz CT molecular complexity index is 164. The van der Waals surface area contributed by atoms with Crippen molar-refractivity contribution in [3.63, 3.8) is 0 Å². The maximum Gasteiger partial charge on any atom is 0.0226 e. The fourth-order valence-corrected chi connectivity index (χ4v) is 2.17. The van der Waals surface area contributed by atoms with E-state index in [0.29, 0.717) is 0 Å². The van der Waals surface area contributed by atoms with E-state index in [9.17, 15) is 0 Å². The Hall–Kier alpha value is -0.120. The van der Waals surface area contributed by atoms with Crippen LogP contribution in [-0.2, 0) is 0 Å². The molecule has 0 aromatic rings. The topological polar surface area (TPSA) is 32.5 Å². The van der Waals surface area contributed by atoms with Gasteiger partial charge in [-0.2, -0.15) is 0 Å². The molecule has 0 aromatic heterocycles. The van der Waals surface area contributed by atoms with Crippen molar-refractivity contribution in [3.05, 3.63) is 0 Å². The van der Waals surface area contributed by atoms with Gasteiger partial charge in [-0.3, -0.25) is 0 Å². The van der Waals surface area contributed by atoms with E-state index in [-0.39, 0.29) is 5.54 Å². The van der Waals surface area contributed by atoms with Gasteiger partial charge in [0.25, 0.3) is 0 Å². The van der Waals surface area contributed by atoms with Gasteiger partial charge in [-0.15, -0.1) is 0 Å². The molecule has 0 amide bonds. The van der Waals surface area contributed by atoms with Crippen molar-refractivity contribution in [2.45, 2.75) is 38.3 Å². The second-order valence-electron chi connectivity index (χ2n) is 5.46. The molecule has 84 valence electrons. The smallest absolute Gasteiger partial charge is 0.0226 e. The van der Waals surface area contributed by atoms with Gasteiger partial charge in [0.05, 0.1) is 0 Å². The van der Waals surface area contributed by atoms with E-state index < -0.39 is 0 Å². The van der Waals surface area contributed by atoms with Crippen molar-refractivity contribution < 1.29 is 0 Å². The summed E-state index contributed by atoms with van der Waals surface area (Å²) in [6, 6.07) is 0.770. The Labute approximate surface area is 88.2 Å². The highest BCUT2D eigenvalue weighted by molar-refractivity contribution is 4.82. The van der Waals surface area contributed by atoms with Crippen molar-refractivity contribution in [1.82, 2.24) is 9.80 Å². The summed E-state index contributed by atoms with van der Waals surface area (Å²) in [5.74, 6) is 0. The largest absolute Gasteiger partial charge is 0.324 e. The minimum atomic E-state index is -0.0506. The molecule has 0 saturated carbocycles. The zero-order valence-electron chi connectivity index (χ0n) is 10.1. The molecule has 0 unspecified atom stereocenters. The molecule has 0 aliphatic carbocycles. The summed E-state index contributed by atoms with van der Waals surface area (Å²) in [5.41, 5.74) is 5.96. The van der Waals surface area contributed by atoms with Gasteiger partial charge in [-0.05, 0) is 53.9 Å². The van der Waals surface area contributed by atoms with E-state index >= 15 is 0 Å². The molecule has 0 bridgehead atoms. The lowest BCUT2D eigenvalue weighted by atomic mass is 10.0. The standard InChI is InChI=1S/C11H25N3/c1-11(2,12)9-14-7-5-10(6-8-14)13(3)4/h10H,5-9,12H2,1-4H3. The summed E-state index contributed by atoms with van der Waals surface area (Å²) < 4.78 is 0. The number of piperidine rings is 1. The molecule has 1 aliphatic heterocycles. The van der Waals surface area contributed by atoms with Gasteiger partial charge >= 0.3 is 0 Å². The van der Waals surface area contributed by atoms with Crippen molar-refractivity contribution in [2.75, 3.05) is 33.7 Å². The number of nitrogens with zero attached hydrogens (tertiary/aromatic N) is 2. The molecule has 1 saturated heterocycles. The number of hydrogen-bond donors (Lipinski definition) is 1. The average Bonchev–Trinajstić information content (AvgIpc) is 2.02. The second kappa shape index (κ2) is 4.60. The minimum Gasteiger partial charge on any atom is -0.324 e. The van der Waals surface area contributed by atoms with Crippen LogP contribution in [0.3, 0.4) is 0 Å². The molecule has 1 heterocycles. The molecule has 3 heteroatoms. The number of rotatable bonds is 3. The molecule has 1 rings (SSSR count). The van der Waals surface area contributed by atoms with Crippen LogP contribution in [0, 0.1) is 0 Å². The first-order chi connectivity index (χ1) is 6.38. The van der Waals surface area contributed by atoms with Crippen LogP contribution in [-0.4, -0.2) is 55.1 Å². The van der Waals surface area contributed by atoms with Crippen molar-refractivity contribution in [1.29, 1.82) is 0 Å². The molecule has 0 spiro atoms. The zero-order valence-corrected chi connectivity index (χ0v) is 10.1. The van der Waals surface area contributed by atoms with Gasteiger partial charge in [-0.25, -0.2) is 0 Å². The highest BCUT2D eigenvalue weighted by Crippen LogP contribution is 2.15. The summed E-state index contributed by atoms with van der Waals surface area (Å²) in [6.45, 7) is 7.62. The Morgan fingerprint density at radius 1 is 1.29 bits per heavy atom. The Kier molecular flexibility index (Phi) is 3.93. The highest BCUT2D eigenvalue weighted by atomic mass is 15.2. The van der Waals surface area contributed by atoms with Gasteiger partial charge in [-0.1, -0.05) is 0 Å². The van der Waals surface area contributed by atoms with Crippen LogP contribution in [0.25, 0.3) is 0 Å². The van der Waals surface area contributed by atoms with Gasteiger partial charge in [0, 0.05) is 18.1 Å². The van der Waals surface area contributed by atoms with Crippen LogP contribution >= 0.6 is 0 Å². The first kappa shape index (κ1) is 12.0. The lowest BCUT2D eigenvalue weighted by Crippen LogP contribution is -2.50.